The van der Waals surface area contributed by atoms with Crippen LogP contribution in [0.2, 0.25) is 0 Å². The molecular weight excluding hydrogens is 314 g/mol. The Labute approximate surface area is 149 Å². The molecule has 0 saturated carbocycles. The predicted octanol–water partition coefficient (Wildman–Crippen LogP) is 4.10. The van der Waals surface area contributed by atoms with Crippen LogP contribution in [0.25, 0.3) is 0 Å². The fraction of sp³-hybridized carbons (Fsp3) is 0.333. The van der Waals surface area contributed by atoms with Crippen LogP contribution in [0.1, 0.15) is 42.1 Å². The number of likely N-dealkylation sites (N-methyl/N-ethyl adjacent to an activating group) is 1. The Kier molecular flexibility index (Phi) is 7.20. The standard InChI is InChI=1S/C21H25NO3/c1-3-4-13-20(23)25-19-12-8-11-18(16-19)21(24)22(2)15-14-17-9-6-5-7-10-17/h5-12,16H,3-4,13-15H2,1-2H3. The largest absolute Gasteiger partial charge is 0.427 e. The Hall–Kier alpha value is -2.62. The summed E-state index contributed by atoms with van der Waals surface area (Å²) in [4.78, 5) is 26.0. The number of amides is 1. The maximum Gasteiger partial charge on any atom is 0.311 e. The van der Waals surface area contributed by atoms with Crippen molar-refractivity contribution in [3.05, 3.63) is 65.7 Å². The van der Waals surface area contributed by atoms with Crippen LogP contribution in [0, 0.1) is 0 Å². The molecule has 0 aliphatic heterocycles. The van der Waals surface area contributed by atoms with Crippen molar-refractivity contribution >= 4 is 11.9 Å². The van der Waals surface area contributed by atoms with Crippen LogP contribution in [0.3, 0.4) is 0 Å². The molecule has 0 saturated heterocycles. The Morgan fingerprint density at radius 1 is 1.04 bits per heavy atom. The molecule has 0 bridgehead atoms. The monoisotopic (exact) mass is 339 g/mol. The molecule has 0 N–H and O–H groups in total. The summed E-state index contributed by atoms with van der Waals surface area (Å²) in [6.07, 6.45) is 2.94. The molecule has 1 amide bonds. The van der Waals surface area contributed by atoms with E-state index >= 15 is 0 Å². The topological polar surface area (TPSA) is 46.6 Å². The van der Waals surface area contributed by atoms with E-state index in [4.69, 9.17) is 4.74 Å². The van der Waals surface area contributed by atoms with Crippen LogP contribution in [-0.4, -0.2) is 30.4 Å². The number of esters is 1. The van der Waals surface area contributed by atoms with Gasteiger partial charge in [-0.1, -0.05) is 49.7 Å². The van der Waals surface area contributed by atoms with Crippen LogP contribution in [0.15, 0.2) is 54.6 Å². The summed E-state index contributed by atoms with van der Waals surface area (Å²) < 4.78 is 5.31. The van der Waals surface area contributed by atoms with Crippen LogP contribution >= 0.6 is 0 Å². The fourth-order valence-corrected chi connectivity index (χ4v) is 2.46. The third kappa shape index (κ3) is 6.07. The molecule has 0 aliphatic rings. The van der Waals surface area contributed by atoms with Crippen LogP contribution in [0.4, 0.5) is 0 Å². The van der Waals surface area contributed by atoms with E-state index in [1.54, 1.807) is 36.2 Å². The van der Waals surface area contributed by atoms with Gasteiger partial charge in [-0.3, -0.25) is 9.59 Å². The van der Waals surface area contributed by atoms with Crippen LogP contribution in [0.5, 0.6) is 5.75 Å². The predicted molar refractivity (Wildman–Crippen MR) is 98.7 cm³/mol. The molecule has 0 radical (unpaired) electrons. The Bertz CT molecular complexity index is 697. The highest BCUT2D eigenvalue weighted by atomic mass is 16.5. The third-order valence-electron chi connectivity index (χ3n) is 3.97. The van der Waals surface area contributed by atoms with E-state index in [1.807, 2.05) is 25.1 Å². The summed E-state index contributed by atoms with van der Waals surface area (Å²) >= 11 is 0. The Morgan fingerprint density at radius 3 is 2.52 bits per heavy atom. The first kappa shape index (κ1) is 18.7. The van der Waals surface area contributed by atoms with Crippen molar-refractivity contribution in [1.29, 1.82) is 0 Å². The van der Waals surface area contributed by atoms with Crippen molar-refractivity contribution in [3.8, 4) is 5.75 Å². The molecule has 0 aliphatic carbocycles. The third-order valence-corrected chi connectivity index (χ3v) is 3.97. The quantitative estimate of drug-likeness (QED) is 0.537. The van der Waals surface area contributed by atoms with Crippen molar-refractivity contribution in [2.24, 2.45) is 0 Å². The highest BCUT2D eigenvalue weighted by Gasteiger charge is 2.13. The van der Waals surface area contributed by atoms with E-state index in [0.29, 0.717) is 24.3 Å². The van der Waals surface area contributed by atoms with Gasteiger partial charge >= 0.3 is 5.97 Å². The number of carbonyl (C=O) groups is 2. The number of ether oxygens (including phenoxy) is 1. The minimum atomic E-state index is -0.260. The molecule has 2 rings (SSSR count). The van der Waals surface area contributed by atoms with Crippen LogP contribution < -0.4 is 4.74 Å². The first-order chi connectivity index (χ1) is 12.1. The van der Waals surface area contributed by atoms with Gasteiger partial charge in [0.1, 0.15) is 5.75 Å². The van der Waals surface area contributed by atoms with Gasteiger partial charge in [0.05, 0.1) is 0 Å². The van der Waals surface area contributed by atoms with E-state index in [9.17, 15) is 9.59 Å². The number of rotatable bonds is 8. The van der Waals surface area contributed by atoms with Gasteiger partial charge in [-0.2, -0.15) is 0 Å². The van der Waals surface area contributed by atoms with E-state index in [-0.39, 0.29) is 11.9 Å². The molecule has 0 heterocycles. The highest BCUT2D eigenvalue weighted by Crippen LogP contribution is 2.16. The number of hydrogen-bond donors (Lipinski definition) is 0. The smallest absolute Gasteiger partial charge is 0.311 e. The minimum absolute atomic E-state index is 0.0811. The lowest BCUT2D eigenvalue weighted by molar-refractivity contribution is -0.134. The number of hydrogen-bond acceptors (Lipinski definition) is 3. The first-order valence-electron chi connectivity index (χ1n) is 8.70. The highest BCUT2D eigenvalue weighted by molar-refractivity contribution is 5.94. The summed E-state index contributed by atoms with van der Waals surface area (Å²) in [7, 11) is 1.78. The maximum absolute atomic E-state index is 12.6. The molecule has 0 fully saturated rings. The van der Waals surface area contributed by atoms with E-state index in [0.717, 1.165) is 19.3 Å². The zero-order chi connectivity index (χ0) is 18.1. The summed E-state index contributed by atoms with van der Waals surface area (Å²) in [6.45, 7) is 2.65. The first-order valence-corrected chi connectivity index (χ1v) is 8.70. The molecule has 4 heteroatoms. The van der Waals surface area contributed by atoms with E-state index in [1.165, 1.54) is 5.56 Å². The van der Waals surface area contributed by atoms with Gasteiger partial charge in [-0.05, 0) is 36.6 Å². The van der Waals surface area contributed by atoms with E-state index in [2.05, 4.69) is 12.1 Å². The Morgan fingerprint density at radius 2 is 1.80 bits per heavy atom. The molecule has 0 atom stereocenters. The normalized spacial score (nSPS) is 10.3. The van der Waals surface area contributed by atoms with Crippen LogP contribution in [-0.2, 0) is 11.2 Å². The zero-order valence-corrected chi connectivity index (χ0v) is 14.9. The van der Waals surface area contributed by atoms with Gasteiger partial charge in [0.15, 0.2) is 0 Å². The molecular formula is C21H25NO3. The molecule has 2 aromatic carbocycles. The SMILES string of the molecule is CCCCC(=O)Oc1cccc(C(=O)N(C)CCc2ccccc2)c1. The van der Waals surface area contributed by atoms with Crippen molar-refractivity contribution < 1.29 is 14.3 Å². The molecule has 132 valence electrons. The summed E-state index contributed by atoms with van der Waals surface area (Å²) in [5.41, 5.74) is 1.72. The summed E-state index contributed by atoms with van der Waals surface area (Å²) in [5, 5.41) is 0. The van der Waals surface area contributed by atoms with Crippen molar-refractivity contribution in [1.82, 2.24) is 4.90 Å². The average molecular weight is 339 g/mol. The van der Waals surface area contributed by atoms with Crippen molar-refractivity contribution in [2.45, 2.75) is 32.6 Å². The molecule has 25 heavy (non-hydrogen) atoms. The average Bonchev–Trinajstić information content (AvgIpc) is 2.65. The second kappa shape index (κ2) is 9.62. The van der Waals surface area contributed by atoms with Gasteiger partial charge < -0.3 is 9.64 Å². The lowest BCUT2D eigenvalue weighted by atomic mass is 10.1. The lowest BCUT2D eigenvalue weighted by Gasteiger charge is -2.17. The fourth-order valence-electron chi connectivity index (χ4n) is 2.46. The molecule has 2 aromatic rings. The number of carbonyl (C=O) groups excluding carboxylic acids is 2. The van der Waals surface area contributed by atoms with Crippen molar-refractivity contribution in [3.63, 3.8) is 0 Å². The van der Waals surface area contributed by atoms with Gasteiger partial charge in [0.2, 0.25) is 0 Å². The maximum atomic E-state index is 12.6. The number of unbranched alkanes of at least 4 members (excludes halogenated alkanes) is 1. The summed E-state index contributed by atoms with van der Waals surface area (Å²) in [6, 6.07) is 16.9. The second-order valence-electron chi connectivity index (χ2n) is 6.07. The van der Waals surface area contributed by atoms with Gasteiger partial charge in [-0.15, -0.1) is 0 Å². The number of nitrogens with zero attached hydrogens (tertiary/aromatic N) is 1. The molecule has 0 aromatic heterocycles. The number of benzene rings is 2. The Balaban J connectivity index is 1.94. The van der Waals surface area contributed by atoms with Crippen molar-refractivity contribution in [2.75, 3.05) is 13.6 Å². The van der Waals surface area contributed by atoms with Gasteiger partial charge in [-0.25, -0.2) is 0 Å². The molecule has 0 unspecified atom stereocenters. The zero-order valence-electron chi connectivity index (χ0n) is 14.9. The van der Waals surface area contributed by atoms with E-state index < -0.39 is 0 Å². The second-order valence-corrected chi connectivity index (χ2v) is 6.07. The summed E-state index contributed by atoms with van der Waals surface area (Å²) in [5.74, 6) is 0.0784. The molecule has 0 spiro atoms. The molecule has 4 nitrogen and oxygen atoms in total. The van der Waals surface area contributed by atoms with Gasteiger partial charge in [0, 0.05) is 25.6 Å². The minimum Gasteiger partial charge on any atom is -0.427 e. The van der Waals surface area contributed by atoms with Gasteiger partial charge in [0.25, 0.3) is 5.91 Å². The lowest BCUT2D eigenvalue weighted by Crippen LogP contribution is -2.28.